The van der Waals surface area contributed by atoms with Crippen molar-refractivity contribution in [2.75, 3.05) is 0 Å². The number of sulfone groups is 1. The highest BCUT2D eigenvalue weighted by Crippen LogP contribution is 2.25. The van der Waals surface area contributed by atoms with Gasteiger partial charge in [-0.2, -0.15) is 0 Å². The van der Waals surface area contributed by atoms with E-state index in [-0.39, 0.29) is 11.5 Å². The first-order chi connectivity index (χ1) is 10.2. The average molecular weight is 357 g/mol. The summed E-state index contributed by atoms with van der Waals surface area (Å²) in [5, 5.41) is 0.796. The number of aryl methyl sites for hydroxylation is 3. The minimum absolute atomic E-state index is 0.0329. The summed E-state index contributed by atoms with van der Waals surface area (Å²) >= 11 is 11.8. The molecule has 0 heterocycles. The first-order valence-corrected chi connectivity index (χ1v) is 9.47. The predicted octanol–water partition coefficient (Wildman–Crippen LogP) is 5.03. The van der Waals surface area contributed by atoms with Crippen molar-refractivity contribution < 1.29 is 8.42 Å². The molecule has 0 atom stereocenters. The van der Waals surface area contributed by atoms with Crippen molar-refractivity contribution in [2.24, 2.45) is 0 Å². The van der Waals surface area contributed by atoms with Gasteiger partial charge in [-0.05, 0) is 55.2 Å². The van der Waals surface area contributed by atoms with E-state index in [0.717, 1.165) is 22.3 Å². The summed E-state index contributed by atoms with van der Waals surface area (Å²) < 4.78 is 25.0. The molecule has 0 saturated carbocycles. The first-order valence-electron chi connectivity index (χ1n) is 6.89. The van der Waals surface area contributed by atoms with Gasteiger partial charge in [0.15, 0.2) is 9.84 Å². The van der Waals surface area contributed by atoms with Crippen LogP contribution in [0.15, 0.2) is 30.3 Å². The molecule has 2 aromatic carbocycles. The fraction of sp³-hybridized carbons (Fsp3) is 0.294. The quantitative estimate of drug-likeness (QED) is 0.769. The molecule has 0 bridgehead atoms. The third-order valence-corrected chi connectivity index (χ3v) is 5.82. The van der Waals surface area contributed by atoms with Crippen molar-refractivity contribution in [2.45, 2.75) is 32.3 Å². The zero-order chi connectivity index (χ0) is 16.5. The molecule has 2 aromatic rings. The summed E-state index contributed by atoms with van der Waals surface area (Å²) in [5.41, 5.74) is 4.69. The van der Waals surface area contributed by atoms with Gasteiger partial charge in [-0.15, -0.1) is 0 Å². The lowest BCUT2D eigenvalue weighted by Gasteiger charge is -2.12. The molecular weight excluding hydrogens is 339 g/mol. The molecule has 118 valence electrons. The number of hydrogen-bond acceptors (Lipinski definition) is 2. The summed E-state index contributed by atoms with van der Waals surface area (Å²) in [6.07, 6.45) is 0. The molecule has 0 radical (unpaired) electrons. The van der Waals surface area contributed by atoms with E-state index in [1.165, 1.54) is 0 Å². The molecule has 0 fully saturated rings. The highest BCUT2D eigenvalue weighted by Gasteiger charge is 2.17. The fourth-order valence-corrected chi connectivity index (χ4v) is 4.60. The van der Waals surface area contributed by atoms with Gasteiger partial charge in [0, 0.05) is 0 Å². The molecule has 0 aliphatic heterocycles. The summed E-state index contributed by atoms with van der Waals surface area (Å²) in [5.74, 6) is -0.0121. The second kappa shape index (κ2) is 6.61. The molecule has 0 saturated heterocycles. The lowest BCUT2D eigenvalue weighted by molar-refractivity contribution is 0.594. The van der Waals surface area contributed by atoms with Gasteiger partial charge in [0.1, 0.15) is 0 Å². The lowest BCUT2D eigenvalue weighted by Crippen LogP contribution is -2.10. The average Bonchev–Trinajstić information content (AvgIpc) is 2.38. The van der Waals surface area contributed by atoms with Crippen LogP contribution in [0.3, 0.4) is 0 Å². The minimum Gasteiger partial charge on any atom is -0.228 e. The van der Waals surface area contributed by atoms with Crippen LogP contribution in [0.4, 0.5) is 0 Å². The van der Waals surface area contributed by atoms with E-state index >= 15 is 0 Å². The zero-order valence-corrected chi connectivity index (χ0v) is 15.1. The maximum absolute atomic E-state index is 12.5. The standard InChI is InChI=1S/C17H18Cl2O2S/c1-11-6-12(2)15(13(3)7-11)10-22(20,21)9-14-4-5-16(18)17(19)8-14/h4-8H,9-10H2,1-3H3. The Labute approximate surface area is 142 Å². The molecule has 0 aromatic heterocycles. The lowest BCUT2D eigenvalue weighted by atomic mass is 10.0. The van der Waals surface area contributed by atoms with Crippen molar-refractivity contribution in [1.29, 1.82) is 0 Å². The van der Waals surface area contributed by atoms with Crippen LogP contribution >= 0.6 is 23.2 Å². The molecule has 0 N–H and O–H groups in total. The predicted molar refractivity (Wildman–Crippen MR) is 93.4 cm³/mol. The van der Waals surface area contributed by atoms with Gasteiger partial charge >= 0.3 is 0 Å². The Kier molecular flexibility index (Phi) is 5.21. The smallest absolute Gasteiger partial charge is 0.158 e. The van der Waals surface area contributed by atoms with Crippen LogP contribution in [-0.4, -0.2) is 8.42 Å². The first kappa shape index (κ1) is 17.3. The van der Waals surface area contributed by atoms with Gasteiger partial charge in [0.05, 0.1) is 21.6 Å². The molecule has 0 aliphatic carbocycles. The zero-order valence-electron chi connectivity index (χ0n) is 12.8. The normalized spacial score (nSPS) is 11.7. The van der Waals surface area contributed by atoms with Crippen molar-refractivity contribution in [1.82, 2.24) is 0 Å². The van der Waals surface area contributed by atoms with Gasteiger partial charge in [0.25, 0.3) is 0 Å². The van der Waals surface area contributed by atoms with Crippen LogP contribution in [-0.2, 0) is 21.3 Å². The SMILES string of the molecule is Cc1cc(C)c(CS(=O)(=O)Cc2ccc(Cl)c(Cl)c2)c(C)c1. The van der Waals surface area contributed by atoms with Crippen LogP contribution in [0.25, 0.3) is 0 Å². The van der Waals surface area contributed by atoms with Gasteiger partial charge < -0.3 is 0 Å². The number of rotatable bonds is 4. The van der Waals surface area contributed by atoms with E-state index in [9.17, 15) is 8.42 Å². The number of halogens is 2. The third-order valence-electron chi connectivity index (χ3n) is 3.58. The topological polar surface area (TPSA) is 34.1 Å². The second-order valence-electron chi connectivity index (χ2n) is 5.66. The van der Waals surface area contributed by atoms with Gasteiger partial charge in [-0.25, -0.2) is 8.42 Å². The number of benzene rings is 2. The van der Waals surface area contributed by atoms with E-state index in [2.05, 4.69) is 0 Å². The van der Waals surface area contributed by atoms with Crippen molar-refractivity contribution >= 4 is 33.0 Å². The van der Waals surface area contributed by atoms with E-state index in [0.29, 0.717) is 15.6 Å². The van der Waals surface area contributed by atoms with E-state index in [1.807, 2.05) is 32.9 Å². The second-order valence-corrected chi connectivity index (χ2v) is 8.54. The Morgan fingerprint density at radius 2 is 1.45 bits per heavy atom. The number of hydrogen-bond donors (Lipinski definition) is 0. The molecule has 0 unspecified atom stereocenters. The highest BCUT2D eigenvalue weighted by molar-refractivity contribution is 7.89. The summed E-state index contributed by atoms with van der Waals surface area (Å²) in [6.45, 7) is 5.90. The molecule has 5 heteroatoms. The molecule has 2 rings (SSSR count). The van der Waals surface area contributed by atoms with Crippen molar-refractivity contribution in [3.8, 4) is 0 Å². The van der Waals surface area contributed by atoms with Crippen LogP contribution in [0.1, 0.15) is 27.8 Å². The van der Waals surface area contributed by atoms with Gasteiger partial charge in [-0.1, -0.05) is 47.0 Å². The maximum Gasteiger partial charge on any atom is 0.158 e. The summed E-state index contributed by atoms with van der Waals surface area (Å²) in [6, 6.07) is 8.95. The van der Waals surface area contributed by atoms with Crippen molar-refractivity contribution in [3.63, 3.8) is 0 Å². The van der Waals surface area contributed by atoms with Crippen LogP contribution in [0.2, 0.25) is 10.0 Å². The maximum atomic E-state index is 12.5. The Balaban J connectivity index is 2.27. The highest BCUT2D eigenvalue weighted by atomic mass is 35.5. The van der Waals surface area contributed by atoms with E-state index in [4.69, 9.17) is 23.2 Å². The summed E-state index contributed by atoms with van der Waals surface area (Å²) in [4.78, 5) is 0. The van der Waals surface area contributed by atoms with Gasteiger partial charge in [0.2, 0.25) is 0 Å². The van der Waals surface area contributed by atoms with Crippen LogP contribution in [0, 0.1) is 20.8 Å². The third kappa shape index (κ3) is 4.25. The Bertz CT molecular complexity index is 788. The van der Waals surface area contributed by atoms with E-state index < -0.39 is 9.84 Å². The Morgan fingerprint density at radius 3 is 2.00 bits per heavy atom. The molecule has 22 heavy (non-hydrogen) atoms. The van der Waals surface area contributed by atoms with E-state index in [1.54, 1.807) is 18.2 Å². The molecule has 0 spiro atoms. The molecule has 0 aliphatic rings. The fourth-order valence-electron chi connectivity index (χ4n) is 2.59. The summed E-state index contributed by atoms with van der Waals surface area (Å²) in [7, 11) is -3.28. The molecule has 0 amide bonds. The van der Waals surface area contributed by atoms with Crippen molar-refractivity contribution in [3.05, 3.63) is 68.2 Å². The Morgan fingerprint density at radius 1 is 0.864 bits per heavy atom. The Hall–Kier alpha value is -1.03. The molecular formula is C17H18Cl2O2S. The largest absolute Gasteiger partial charge is 0.228 e. The molecule has 2 nitrogen and oxygen atoms in total. The van der Waals surface area contributed by atoms with Gasteiger partial charge in [-0.3, -0.25) is 0 Å². The van der Waals surface area contributed by atoms with Crippen LogP contribution in [0.5, 0.6) is 0 Å². The monoisotopic (exact) mass is 356 g/mol. The van der Waals surface area contributed by atoms with Crippen LogP contribution < -0.4 is 0 Å². The minimum atomic E-state index is -3.28.